The van der Waals surface area contributed by atoms with E-state index in [4.69, 9.17) is 24.4 Å². The van der Waals surface area contributed by atoms with E-state index in [1.807, 2.05) is 36.4 Å². The summed E-state index contributed by atoms with van der Waals surface area (Å²) in [6.07, 6.45) is 20.0. The van der Waals surface area contributed by atoms with Crippen molar-refractivity contribution in [3.63, 3.8) is 0 Å². The van der Waals surface area contributed by atoms with Gasteiger partial charge in [0.1, 0.15) is 28.7 Å². The Morgan fingerprint density at radius 3 is 1.77 bits per heavy atom. The number of nitrogens with zero attached hydrogens (tertiary/aromatic N) is 7. The van der Waals surface area contributed by atoms with Crippen LogP contribution in [-0.2, 0) is 41.7 Å². The summed E-state index contributed by atoms with van der Waals surface area (Å²) in [4.78, 5) is 40.5. The molecule has 6 aromatic heterocycles. The van der Waals surface area contributed by atoms with Gasteiger partial charge < -0.3 is 34.6 Å². The first-order chi connectivity index (χ1) is 38.5. The quantitative estimate of drug-likeness (QED) is 0.0108. The number of aromatic nitrogens is 6. The number of aryl methyl sites for hydroxylation is 1. The van der Waals surface area contributed by atoms with Gasteiger partial charge in [0.25, 0.3) is 12.9 Å². The molecule has 7 rings (SSSR count). The van der Waals surface area contributed by atoms with Crippen LogP contribution in [0.4, 0.5) is 13.2 Å². The smallest absolute Gasteiger partial charge is 0.753 e. The van der Waals surface area contributed by atoms with Gasteiger partial charge in [-0.05, 0) is 96.8 Å². The molecule has 0 atom stereocenters. The van der Waals surface area contributed by atoms with E-state index in [0.717, 1.165) is 59.7 Å². The SMILES string of the molecule is CCCCCCCCOc1cccc(OCCCCCCCC)c1-c1ccnc(-c2cc(C(F)(F)F)n[n-]2)c1.CCCCCCc1ccsc1C#Cc1ccnc(-c2cc(OC=O)cc(-c3cc(OC=O)ccn3)n2)c1.[N-]=C=S.[Ru+2]. The van der Waals surface area contributed by atoms with Crippen LogP contribution in [0.1, 0.15) is 145 Å². The zero-order chi connectivity index (χ0) is 56.5. The molecule has 0 amide bonds. The fraction of sp³-hybridized carbons (Fsp3) is 0.377. The minimum absolute atomic E-state index is 0. The number of alkyl halides is 3. The minimum Gasteiger partial charge on any atom is -0.753 e. The predicted molar refractivity (Wildman–Crippen MR) is 307 cm³/mol. The maximum absolute atomic E-state index is 13.1. The van der Waals surface area contributed by atoms with Crippen LogP contribution in [0.25, 0.3) is 50.7 Å². The van der Waals surface area contributed by atoms with Gasteiger partial charge in [0.2, 0.25) is 0 Å². The number of unbranched alkanes of at least 4 members (excludes halogenated alkanes) is 13. The van der Waals surface area contributed by atoms with E-state index in [0.29, 0.717) is 71.9 Å². The molecule has 0 saturated carbocycles. The Bertz CT molecular complexity index is 3030. The second-order valence-electron chi connectivity index (χ2n) is 18.1. The van der Waals surface area contributed by atoms with Crippen LogP contribution in [-0.4, -0.2) is 56.4 Å². The zero-order valence-corrected chi connectivity index (χ0v) is 48.7. The van der Waals surface area contributed by atoms with E-state index < -0.39 is 11.9 Å². The molecule has 0 bridgehead atoms. The van der Waals surface area contributed by atoms with Gasteiger partial charge in [-0.15, -0.1) is 11.3 Å². The number of carbonyl (C=O) groups is 2. The van der Waals surface area contributed by atoms with Crippen molar-refractivity contribution in [3.8, 4) is 80.1 Å². The molecule has 19 heteroatoms. The molecule has 0 aliphatic rings. The third kappa shape index (κ3) is 22.3. The van der Waals surface area contributed by atoms with Crippen LogP contribution in [0, 0.1) is 11.8 Å². The summed E-state index contributed by atoms with van der Waals surface area (Å²) in [5.41, 5.74) is 4.86. The van der Waals surface area contributed by atoms with Gasteiger partial charge in [0.15, 0.2) is 0 Å². The van der Waals surface area contributed by atoms with Gasteiger partial charge in [0.05, 0.1) is 46.4 Å². The molecule has 0 N–H and O–H groups in total. The number of thiocarbonyl (C=S) groups is 1. The largest absolute Gasteiger partial charge is 2.00 e. The van der Waals surface area contributed by atoms with E-state index >= 15 is 0 Å². The Morgan fingerprint density at radius 1 is 0.637 bits per heavy atom. The van der Waals surface area contributed by atoms with Crippen molar-refractivity contribution in [1.29, 1.82) is 0 Å². The Labute approximate surface area is 489 Å². The molecular formula is C61H66F3N7O6RuS2. The minimum atomic E-state index is -4.56. The van der Waals surface area contributed by atoms with Gasteiger partial charge in [-0.2, -0.15) is 18.3 Å². The summed E-state index contributed by atoms with van der Waals surface area (Å²) in [5, 5.41) is 17.6. The van der Waals surface area contributed by atoms with Gasteiger partial charge in [-0.25, -0.2) is 4.98 Å². The standard InChI is InChI=1S/C31H41F3N3O2.C29H25N3O4S.CNS.Ru/c1-3-5-7-9-11-13-20-38-27-16-15-17-28(39-21-14-12-10-8-6-4-2)30(27)24-18-19-35-25(22-24)26-23-29(37-36-26)31(32,33)34;1-2-3-4-5-6-22-11-14-37-29(22)8-7-21-9-12-30-25(15-21)27-17-24(36-20-34)18-28(32-27)26-16-23(35-19-33)10-13-31-26;2-1-3;/h15-19,22-23H,3-14,20-21H2,1-2H3;9-20H,2-6H2,1H3;;/q-1;;-1;+2. The van der Waals surface area contributed by atoms with Crippen LogP contribution >= 0.6 is 23.6 Å². The van der Waals surface area contributed by atoms with Crippen LogP contribution < -0.4 is 24.0 Å². The molecule has 0 aliphatic carbocycles. The number of hydrogen-bond donors (Lipinski definition) is 0. The number of carbonyl (C=O) groups excluding carboxylic acids is 2. The number of ether oxygens (including phenoxy) is 4. The van der Waals surface area contributed by atoms with Crippen molar-refractivity contribution in [2.24, 2.45) is 0 Å². The average molecular weight is 1220 g/mol. The molecule has 0 aliphatic heterocycles. The Hall–Kier alpha value is -6.96. The number of halogens is 3. The van der Waals surface area contributed by atoms with Crippen molar-refractivity contribution in [1.82, 2.24) is 30.1 Å². The number of isothiocyanates is 1. The number of benzene rings is 1. The monoisotopic (exact) mass is 1220 g/mol. The molecular weight excluding hydrogens is 1150 g/mol. The Kier molecular flexibility index (Phi) is 30.4. The number of pyridine rings is 4. The molecule has 0 radical (unpaired) electrons. The third-order valence-corrected chi connectivity index (χ3v) is 13.1. The number of rotatable bonds is 29. The molecule has 422 valence electrons. The van der Waals surface area contributed by atoms with Gasteiger partial charge in [-0.1, -0.05) is 140 Å². The topological polar surface area (TPSA) is 172 Å². The van der Waals surface area contributed by atoms with Crippen LogP contribution in [0.5, 0.6) is 23.0 Å². The van der Waals surface area contributed by atoms with E-state index in [1.54, 1.807) is 54.1 Å². The fourth-order valence-corrected chi connectivity index (χ4v) is 8.98. The Morgan fingerprint density at radius 2 is 1.18 bits per heavy atom. The predicted octanol–water partition coefficient (Wildman–Crippen LogP) is 15.8. The third-order valence-electron chi connectivity index (χ3n) is 12.2. The normalized spacial score (nSPS) is 10.5. The molecule has 0 unspecified atom stereocenters. The van der Waals surface area contributed by atoms with Crippen molar-refractivity contribution < 1.29 is 61.2 Å². The van der Waals surface area contributed by atoms with Gasteiger partial charge in [0, 0.05) is 48.0 Å². The van der Waals surface area contributed by atoms with Crippen LogP contribution in [0.15, 0.2) is 103 Å². The number of hydrogen-bond acceptors (Lipinski definition) is 13. The maximum atomic E-state index is 13.1. The summed E-state index contributed by atoms with van der Waals surface area (Å²) < 4.78 is 61.7. The summed E-state index contributed by atoms with van der Waals surface area (Å²) in [6, 6.07) is 22.4. The van der Waals surface area contributed by atoms with E-state index in [-0.39, 0.29) is 30.9 Å². The molecule has 7 aromatic rings. The fourth-order valence-electron chi connectivity index (χ4n) is 8.18. The van der Waals surface area contributed by atoms with E-state index in [9.17, 15) is 22.8 Å². The molecule has 0 spiro atoms. The number of thiophene rings is 1. The summed E-state index contributed by atoms with van der Waals surface area (Å²) in [5.74, 6) is 8.53. The summed E-state index contributed by atoms with van der Waals surface area (Å²) >= 11 is 5.35. The van der Waals surface area contributed by atoms with Crippen molar-refractivity contribution >= 4 is 41.7 Å². The van der Waals surface area contributed by atoms with Crippen molar-refractivity contribution in [2.45, 2.75) is 136 Å². The molecule has 0 fully saturated rings. The van der Waals surface area contributed by atoms with Gasteiger partial charge in [-0.3, -0.25) is 24.5 Å². The molecule has 1 aromatic carbocycles. The van der Waals surface area contributed by atoms with Crippen molar-refractivity contribution in [3.05, 3.63) is 130 Å². The first kappa shape index (κ1) is 65.6. The second-order valence-corrected chi connectivity index (χ2v) is 19.2. The first-order valence-electron chi connectivity index (χ1n) is 26.7. The van der Waals surface area contributed by atoms with E-state index in [2.05, 4.69) is 86.4 Å². The Balaban J connectivity index is 0.000000325. The maximum Gasteiger partial charge on any atom is 2.00 e. The second kappa shape index (κ2) is 37.1. The summed E-state index contributed by atoms with van der Waals surface area (Å²) in [6.45, 7) is 8.48. The van der Waals surface area contributed by atoms with Gasteiger partial charge >= 0.3 is 25.7 Å². The molecule has 13 nitrogen and oxygen atoms in total. The van der Waals surface area contributed by atoms with Crippen LogP contribution in [0.3, 0.4) is 0 Å². The average Bonchev–Trinajstić information content (AvgIpc) is 4.21. The zero-order valence-electron chi connectivity index (χ0n) is 45.3. The van der Waals surface area contributed by atoms with Crippen molar-refractivity contribution in [2.75, 3.05) is 13.2 Å². The molecule has 0 saturated heterocycles. The molecule has 80 heavy (non-hydrogen) atoms. The summed E-state index contributed by atoms with van der Waals surface area (Å²) in [7, 11) is 0. The first-order valence-corrected chi connectivity index (χ1v) is 28.0. The van der Waals surface area contributed by atoms with E-state index in [1.165, 1.54) is 94.0 Å². The molecule has 6 heterocycles. The van der Waals surface area contributed by atoms with Crippen LogP contribution in [0.2, 0.25) is 0 Å².